The average Bonchev–Trinajstić information content (AvgIpc) is 2.22. The van der Waals surface area contributed by atoms with Gasteiger partial charge in [0.2, 0.25) is 0 Å². The first-order chi connectivity index (χ1) is 8.45. The molecule has 2 nitrogen and oxygen atoms in total. The van der Waals surface area contributed by atoms with Crippen molar-refractivity contribution in [1.82, 2.24) is 4.90 Å². The largest absolute Gasteiger partial charge is 0.327 e. The lowest BCUT2D eigenvalue weighted by Gasteiger charge is -2.43. The zero-order valence-corrected chi connectivity index (χ0v) is 12.7. The average molecular weight is 252 g/mol. The molecule has 6 unspecified atom stereocenters. The van der Waals surface area contributed by atoms with Crippen LogP contribution in [0.25, 0.3) is 0 Å². The third-order valence-corrected chi connectivity index (χ3v) is 5.14. The molecule has 18 heavy (non-hydrogen) atoms. The van der Waals surface area contributed by atoms with Crippen molar-refractivity contribution in [2.24, 2.45) is 35.3 Å². The van der Waals surface area contributed by atoms with Crippen molar-refractivity contribution in [3.63, 3.8) is 0 Å². The van der Waals surface area contributed by atoms with E-state index in [2.05, 4.69) is 32.6 Å². The minimum Gasteiger partial charge on any atom is -0.327 e. The topological polar surface area (TPSA) is 29.3 Å². The van der Waals surface area contributed by atoms with Gasteiger partial charge in [0, 0.05) is 25.7 Å². The number of hydrogen-bond donors (Lipinski definition) is 1. The molecule has 1 heterocycles. The molecule has 1 aliphatic carbocycles. The van der Waals surface area contributed by atoms with E-state index in [1.165, 1.54) is 38.9 Å². The second kappa shape index (κ2) is 5.92. The van der Waals surface area contributed by atoms with Crippen LogP contribution < -0.4 is 5.73 Å². The van der Waals surface area contributed by atoms with Crippen LogP contribution >= 0.6 is 0 Å². The van der Waals surface area contributed by atoms with Crippen LogP contribution in [0.2, 0.25) is 0 Å². The summed E-state index contributed by atoms with van der Waals surface area (Å²) in [5.74, 6) is 4.08. The van der Waals surface area contributed by atoms with Gasteiger partial charge in [-0.2, -0.15) is 0 Å². The van der Waals surface area contributed by atoms with Gasteiger partial charge < -0.3 is 10.6 Å². The van der Waals surface area contributed by atoms with Crippen LogP contribution in [-0.4, -0.2) is 30.6 Å². The van der Waals surface area contributed by atoms with Gasteiger partial charge >= 0.3 is 0 Å². The Kier molecular flexibility index (Phi) is 4.71. The number of rotatable bonds is 2. The van der Waals surface area contributed by atoms with E-state index in [0.29, 0.717) is 6.04 Å². The molecule has 2 heteroatoms. The number of nitrogens with zero attached hydrogens (tertiary/aromatic N) is 1. The highest BCUT2D eigenvalue weighted by molar-refractivity contribution is 4.88. The van der Waals surface area contributed by atoms with Gasteiger partial charge in [-0.15, -0.1) is 0 Å². The van der Waals surface area contributed by atoms with Gasteiger partial charge in [-0.05, 0) is 48.9 Å². The minimum atomic E-state index is 0.427. The SMILES string of the molecule is CC1CC(C)C(CN2CC(C)CC(C)C2)C(N)C1. The zero-order chi connectivity index (χ0) is 13.3. The summed E-state index contributed by atoms with van der Waals surface area (Å²) in [6, 6.07) is 0.427. The Morgan fingerprint density at radius 1 is 0.889 bits per heavy atom. The van der Waals surface area contributed by atoms with Crippen molar-refractivity contribution >= 4 is 0 Å². The number of nitrogens with two attached hydrogens (primary N) is 1. The molecule has 106 valence electrons. The molecular weight excluding hydrogens is 220 g/mol. The molecule has 1 aliphatic heterocycles. The quantitative estimate of drug-likeness (QED) is 0.818. The van der Waals surface area contributed by atoms with Crippen molar-refractivity contribution in [3.05, 3.63) is 0 Å². The van der Waals surface area contributed by atoms with E-state index in [1.54, 1.807) is 0 Å². The van der Waals surface area contributed by atoms with Crippen molar-refractivity contribution in [3.8, 4) is 0 Å². The molecule has 0 radical (unpaired) electrons. The van der Waals surface area contributed by atoms with Crippen molar-refractivity contribution in [2.75, 3.05) is 19.6 Å². The lowest BCUT2D eigenvalue weighted by Crippen LogP contribution is -2.49. The molecule has 6 atom stereocenters. The second-order valence-electron chi connectivity index (χ2n) is 7.55. The Morgan fingerprint density at radius 2 is 1.50 bits per heavy atom. The van der Waals surface area contributed by atoms with E-state index >= 15 is 0 Å². The molecule has 0 spiro atoms. The molecule has 1 saturated carbocycles. The number of hydrogen-bond acceptors (Lipinski definition) is 2. The summed E-state index contributed by atoms with van der Waals surface area (Å²) in [4.78, 5) is 2.69. The second-order valence-corrected chi connectivity index (χ2v) is 7.55. The highest BCUT2D eigenvalue weighted by Gasteiger charge is 2.34. The first-order valence-corrected chi connectivity index (χ1v) is 7.93. The fraction of sp³-hybridized carbons (Fsp3) is 1.00. The fourth-order valence-corrected chi connectivity index (χ4v) is 4.52. The van der Waals surface area contributed by atoms with Crippen molar-refractivity contribution in [1.29, 1.82) is 0 Å². The molecule has 0 aromatic carbocycles. The molecule has 2 aliphatic rings. The molecule has 2 N–H and O–H groups in total. The van der Waals surface area contributed by atoms with E-state index in [-0.39, 0.29) is 0 Å². The van der Waals surface area contributed by atoms with E-state index in [0.717, 1.165) is 29.6 Å². The van der Waals surface area contributed by atoms with Crippen LogP contribution in [0.5, 0.6) is 0 Å². The van der Waals surface area contributed by atoms with E-state index in [9.17, 15) is 0 Å². The van der Waals surface area contributed by atoms with Crippen molar-refractivity contribution < 1.29 is 0 Å². The van der Waals surface area contributed by atoms with Crippen LogP contribution in [0.1, 0.15) is 47.0 Å². The molecule has 0 amide bonds. The lowest BCUT2D eigenvalue weighted by atomic mass is 9.72. The Bertz CT molecular complexity index is 244. The maximum atomic E-state index is 6.42. The molecule has 0 aromatic heterocycles. The highest BCUT2D eigenvalue weighted by Crippen LogP contribution is 2.34. The summed E-state index contributed by atoms with van der Waals surface area (Å²) in [5, 5.41) is 0. The van der Waals surface area contributed by atoms with Crippen molar-refractivity contribution in [2.45, 2.75) is 53.0 Å². The molecule has 2 fully saturated rings. The highest BCUT2D eigenvalue weighted by atomic mass is 15.1. The first-order valence-electron chi connectivity index (χ1n) is 7.93. The van der Waals surface area contributed by atoms with Crippen LogP contribution in [0, 0.1) is 29.6 Å². The summed E-state index contributed by atoms with van der Waals surface area (Å²) in [5.41, 5.74) is 6.42. The summed E-state index contributed by atoms with van der Waals surface area (Å²) in [6.07, 6.45) is 4.01. The summed E-state index contributed by atoms with van der Waals surface area (Å²) < 4.78 is 0. The fourth-order valence-electron chi connectivity index (χ4n) is 4.52. The zero-order valence-electron chi connectivity index (χ0n) is 12.7. The maximum Gasteiger partial charge on any atom is 0.00844 e. The number of piperidine rings is 1. The smallest absolute Gasteiger partial charge is 0.00844 e. The third kappa shape index (κ3) is 3.48. The van der Waals surface area contributed by atoms with Gasteiger partial charge in [-0.25, -0.2) is 0 Å². The standard InChI is InChI=1S/C16H32N2/c1-11-6-14(4)15(16(17)7-11)10-18-8-12(2)5-13(3)9-18/h11-16H,5-10,17H2,1-4H3. The summed E-state index contributed by atoms with van der Waals surface area (Å²) >= 11 is 0. The minimum absolute atomic E-state index is 0.427. The third-order valence-electron chi connectivity index (χ3n) is 5.14. The van der Waals surface area contributed by atoms with Crippen LogP contribution in [0.15, 0.2) is 0 Å². The normalized spacial score (nSPS) is 47.2. The first kappa shape index (κ1) is 14.3. The molecular formula is C16H32N2. The van der Waals surface area contributed by atoms with E-state index < -0.39 is 0 Å². The van der Waals surface area contributed by atoms with Gasteiger partial charge in [0.1, 0.15) is 0 Å². The Balaban J connectivity index is 1.91. The predicted molar refractivity (Wildman–Crippen MR) is 78.4 cm³/mol. The van der Waals surface area contributed by atoms with Gasteiger partial charge in [0.05, 0.1) is 0 Å². The predicted octanol–water partition coefficient (Wildman–Crippen LogP) is 2.97. The molecule has 0 bridgehead atoms. The van der Waals surface area contributed by atoms with E-state index in [1.807, 2.05) is 0 Å². The molecule has 2 rings (SSSR count). The van der Waals surface area contributed by atoms with Crippen LogP contribution in [0.3, 0.4) is 0 Å². The van der Waals surface area contributed by atoms with Gasteiger partial charge in [-0.3, -0.25) is 0 Å². The Labute approximate surface area is 113 Å². The molecule has 0 aromatic rings. The number of likely N-dealkylation sites (tertiary alicyclic amines) is 1. The summed E-state index contributed by atoms with van der Waals surface area (Å²) in [7, 11) is 0. The van der Waals surface area contributed by atoms with Gasteiger partial charge in [0.25, 0.3) is 0 Å². The monoisotopic (exact) mass is 252 g/mol. The van der Waals surface area contributed by atoms with Gasteiger partial charge in [0.15, 0.2) is 0 Å². The molecule has 1 saturated heterocycles. The van der Waals surface area contributed by atoms with Gasteiger partial charge in [-0.1, -0.05) is 27.7 Å². The van der Waals surface area contributed by atoms with Crippen LogP contribution in [-0.2, 0) is 0 Å². The lowest BCUT2D eigenvalue weighted by molar-refractivity contribution is 0.0749. The summed E-state index contributed by atoms with van der Waals surface area (Å²) in [6.45, 7) is 13.4. The van der Waals surface area contributed by atoms with E-state index in [4.69, 9.17) is 5.73 Å². The van der Waals surface area contributed by atoms with Crippen LogP contribution in [0.4, 0.5) is 0 Å². The Hall–Kier alpha value is -0.0800. The Morgan fingerprint density at radius 3 is 2.06 bits per heavy atom. The maximum absolute atomic E-state index is 6.42.